The van der Waals surface area contributed by atoms with E-state index in [0.29, 0.717) is 12.2 Å². The van der Waals surface area contributed by atoms with Crippen molar-refractivity contribution in [3.05, 3.63) is 12.2 Å². The van der Waals surface area contributed by atoms with Crippen LogP contribution in [-0.4, -0.2) is 12.2 Å². The first-order valence-electron chi connectivity index (χ1n) is 3.77. The summed E-state index contributed by atoms with van der Waals surface area (Å²) in [6, 6.07) is 0. The van der Waals surface area contributed by atoms with E-state index in [9.17, 15) is 0 Å². The smallest absolute Gasteiger partial charge is 0.0845 e. The van der Waals surface area contributed by atoms with Crippen LogP contribution in [0.1, 0.15) is 25.7 Å². The van der Waals surface area contributed by atoms with E-state index in [2.05, 4.69) is 12.2 Å². The number of fused-ring (bicyclic) bond motifs is 1. The Bertz CT molecular complexity index is 115. The highest BCUT2D eigenvalue weighted by Gasteiger charge is 2.37. The van der Waals surface area contributed by atoms with Crippen molar-refractivity contribution in [1.29, 1.82) is 0 Å². The summed E-state index contributed by atoms with van der Waals surface area (Å²) in [6.45, 7) is 0. The molecule has 2 atom stereocenters. The van der Waals surface area contributed by atoms with Gasteiger partial charge in [0.15, 0.2) is 0 Å². The Kier molecular flexibility index (Phi) is 1.31. The third-order valence-corrected chi connectivity index (χ3v) is 2.09. The molecule has 0 unspecified atom stereocenters. The number of ether oxygens (including phenoxy) is 1. The molecule has 2 aliphatic rings. The van der Waals surface area contributed by atoms with E-state index in [1.165, 1.54) is 25.7 Å². The van der Waals surface area contributed by atoms with Crippen molar-refractivity contribution in [2.45, 2.75) is 37.9 Å². The fourth-order valence-corrected chi connectivity index (χ4v) is 1.44. The molecule has 50 valence electrons. The van der Waals surface area contributed by atoms with Crippen molar-refractivity contribution in [2.75, 3.05) is 0 Å². The maximum atomic E-state index is 5.40. The summed E-state index contributed by atoms with van der Waals surface area (Å²) in [7, 11) is 0. The Morgan fingerprint density at radius 2 is 1.56 bits per heavy atom. The van der Waals surface area contributed by atoms with Crippen LogP contribution in [0.4, 0.5) is 0 Å². The van der Waals surface area contributed by atoms with Crippen LogP contribution in [0.15, 0.2) is 12.2 Å². The molecule has 0 saturated carbocycles. The first-order valence-corrected chi connectivity index (χ1v) is 3.77. The normalized spacial score (nSPS) is 40.9. The van der Waals surface area contributed by atoms with Crippen molar-refractivity contribution >= 4 is 0 Å². The standard InChI is InChI=1S/C8H12O/c1-2-4-6-8-7(9-8)5-3-1/h1-2,7-8H,3-6H2/t7-,8+. The molecule has 1 nitrogen and oxygen atoms in total. The zero-order chi connectivity index (χ0) is 6.10. The highest BCUT2D eigenvalue weighted by atomic mass is 16.6. The van der Waals surface area contributed by atoms with E-state index in [-0.39, 0.29) is 0 Å². The average Bonchev–Trinajstić information content (AvgIpc) is 2.46. The van der Waals surface area contributed by atoms with Gasteiger partial charge in [-0.15, -0.1) is 0 Å². The fraction of sp³-hybridized carbons (Fsp3) is 0.750. The van der Waals surface area contributed by atoms with Gasteiger partial charge in [-0.3, -0.25) is 0 Å². The second kappa shape index (κ2) is 2.14. The molecule has 1 saturated heterocycles. The van der Waals surface area contributed by atoms with Crippen molar-refractivity contribution < 1.29 is 4.74 Å². The van der Waals surface area contributed by atoms with E-state index in [0.717, 1.165) is 0 Å². The van der Waals surface area contributed by atoms with E-state index in [1.54, 1.807) is 0 Å². The molecule has 0 aromatic heterocycles. The Morgan fingerprint density at radius 3 is 2.11 bits per heavy atom. The lowest BCUT2D eigenvalue weighted by Crippen LogP contribution is -1.94. The van der Waals surface area contributed by atoms with E-state index >= 15 is 0 Å². The van der Waals surface area contributed by atoms with Gasteiger partial charge in [-0.2, -0.15) is 0 Å². The van der Waals surface area contributed by atoms with Gasteiger partial charge in [0.05, 0.1) is 12.2 Å². The van der Waals surface area contributed by atoms with Crippen molar-refractivity contribution in [2.24, 2.45) is 0 Å². The molecule has 1 aliphatic heterocycles. The van der Waals surface area contributed by atoms with Crippen molar-refractivity contribution in [1.82, 2.24) is 0 Å². The molecule has 1 heterocycles. The van der Waals surface area contributed by atoms with Gasteiger partial charge in [0, 0.05) is 0 Å². The van der Waals surface area contributed by atoms with Gasteiger partial charge in [0.2, 0.25) is 0 Å². The molecule has 1 heteroatoms. The van der Waals surface area contributed by atoms with Gasteiger partial charge in [0.1, 0.15) is 0 Å². The lowest BCUT2D eigenvalue weighted by Gasteiger charge is -1.95. The molecule has 0 aromatic rings. The monoisotopic (exact) mass is 124 g/mol. The summed E-state index contributed by atoms with van der Waals surface area (Å²) in [6.07, 6.45) is 10.8. The van der Waals surface area contributed by atoms with Crippen LogP contribution < -0.4 is 0 Å². The number of hydrogen-bond acceptors (Lipinski definition) is 1. The number of rotatable bonds is 0. The zero-order valence-electron chi connectivity index (χ0n) is 5.55. The largest absolute Gasteiger partial charge is 0.370 e. The molecule has 0 aromatic carbocycles. The highest BCUT2D eigenvalue weighted by molar-refractivity contribution is 4.94. The van der Waals surface area contributed by atoms with Crippen LogP contribution in [-0.2, 0) is 4.74 Å². The number of epoxide rings is 1. The van der Waals surface area contributed by atoms with E-state index in [4.69, 9.17) is 4.74 Å². The average molecular weight is 124 g/mol. The maximum Gasteiger partial charge on any atom is 0.0845 e. The predicted octanol–water partition coefficient (Wildman–Crippen LogP) is 1.88. The van der Waals surface area contributed by atoms with Crippen LogP contribution in [0.25, 0.3) is 0 Å². The maximum absolute atomic E-state index is 5.40. The van der Waals surface area contributed by atoms with Gasteiger partial charge in [-0.25, -0.2) is 0 Å². The van der Waals surface area contributed by atoms with Crippen LogP contribution >= 0.6 is 0 Å². The summed E-state index contributed by atoms with van der Waals surface area (Å²) < 4.78 is 5.40. The molecule has 1 aliphatic carbocycles. The van der Waals surface area contributed by atoms with E-state index in [1.807, 2.05) is 0 Å². The van der Waals surface area contributed by atoms with E-state index < -0.39 is 0 Å². The molecule has 2 rings (SSSR count). The van der Waals surface area contributed by atoms with Gasteiger partial charge < -0.3 is 4.74 Å². The number of allylic oxidation sites excluding steroid dienone is 2. The van der Waals surface area contributed by atoms with Crippen LogP contribution in [0.3, 0.4) is 0 Å². The van der Waals surface area contributed by atoms with Gasteiger partial charge in [-0.05, 0) is 25.7 Å². The summed E-state index contributed by atoms with van der Waals surface area (Å²) in [5.41, 5.74) is 0. The summed E-state index contributed by atoms with van der Waals surface area (Å²) in [5, 5.41) is 0. The molecule has 0 bridgehead atoms. The predicted molar refractivity (Wildman–Crippen MR) is 36.3 cm³/mol. The number of hydrogen-bond donors (Lipinski definition) is 0. The lowest BCUT2D eigenvalue weighted by atomic mass is 10.1. The summed E-state index contributed by atoms with van der Waals surface area (Å²) in [5.74, 6) is 0. The topological polar surface area (TPSA) is 12.5 Å². The Hall–Kier alpha value is -0.300. The van der Waals surface area contributed by atoms with Gasteiger partial charge in [-0.1, -0.05) is 12.2 Å². The Morgan fingerprint density at radius 1 is 1.00 bits per heavy atom. The minimum atomic E-state index is 0.634. The molecular formula is C8H12O. The van der Waals surface area contributed by atoms with Crippen LogP contribution in [0, 0.1) is 0 Å². The van der Waals surface area contributed by atoms with Gasteiger partial charge in [0.25, 0.3) is 0 Å². The molecule has 0 N–H and O–H groups in total. The molecule has 1 fully saturated rings. The third kappa shape index (κ3) is 1.16. The van der Waals surface area contributed by atoms with Crippen molar-refractivity contribution in [3.63, 3.8) is 0 Å². The molecule has 0 radical (unpaired) electrons. The quantitative estimate of drug-likeness (QED) is 0.355. The zero-order valence-corrected chi connectivity index (χ0v) is 5.55. The minimum Gasteiger partial charge on any atom is -0.370 e. The second-order valence-electron chi connectivity index (χ2n) is 2.84. The Balaban J connectivity index is 1.91. The molecular weight excluding hydrogens is 112 g/mol. The molecule has 0 amide bonds. The van der Waals surface area contributed by atoms with Crippen LogP contribution in [0.5, 0.6) is 0 Å². The second-order valence-corrected chi connectivity index (χ2v) is 2.84. The van der Waals surface area contributed by atoms with Gasteiger partial charge >= 0.3 is 0 Å². The Labute approximate surface area is 55.7 Å². The summed E-state index contributed by atoms with van der Waals surface area (Å²) in [4.78, 5) is 0. The SMILES string of the molecule is C1=CCC[C@H]2O[C@H]2CC1. The first-order chi connectivity index (χ1) is 4.47. The lowest BCUT2D eigenvalue weighted by molar-refractivity contribution is 0.359. The van der Waals surface area contributed by atoms with Crippen LogP contribution in [0.2, 0.25) is 0 Å². The van der Waals surface area contributed by atoms with Crippen molar-refractivity contribution in [3.8, 4) is 0 Å². The molecule has 0 spiro atoms. The minimum absolute atomic E-state index is 0.634. The first kappa shape index (κ1) is 5.48. The third-order valence-electron chi connectivity index (χ3n) is 2.09. The summed E-state index contributed by atoms with van der Waals surface area (Å²) >= 11 is 0. The fourth-order valence-electron chi connectivity index (χ4n) is 1.44. The highest BCUT2D eigenvalue weighted by Crippen LogP contribution is 2.31. The molecule has 9 heavy (non-hydrogen) atoms.